The van der Waals surface area contributed by atoms with E-state index < -0.39 is 18.0 Å². The molecule has 0 heterocycles. The molecule has 1 unspecified atom stereocenters. The minimum atomic E-state index is -4.32. The Bertz CT molecular complexity index is 373. The third-order valence-corrected chi connectivity index (χ3v) is 2.58. The van der Waals surface area contributed by atoms with Crippen LogP contribution < -0.4 is 5.32 Å². The Labute approximate surface area is 97.8 Å². The van der Waals surface area contributed by atoms with Crippen molar-refractivity contribution in [2.75, 3.05) is 6.54 Å². The number of hydrogen-bond acceptors (Lipinski definition) is 1. The van der Waals surface area contributed by atoms with E-state index >= 15 is 0 Å². The second kappa shape index (κ2) is 5.49. The number of likely N-dealkylation sites (N-methyl/N-ethyl adjacent to an activating group) is 1. The number of aryl methyl sites for hydroxylation is 1. The van der Waals surface area contributed by atoms with Gasteiger partial charge < -0.3 is 5.32 Å². The molecule has 1 atom stereocenters. The summed E-state index contributed by atoms with van der Waals surface area (Å²) in [6.07, 6.45) is -4.57. The molecule has 1 aromatic rings. The van der Waals surface area contributed by atoms with Crippen LogP contribution in [0, 0.1) is 12.7 Å². The largest absolute Gasteiger partial charge is 0.404 e. The Kier molecular flexibility index (Phi) is 4.51. The molecule has 0 aliphatic rings. The van der Waals surface area contributed by atoms with Crippen LogP contribution in [0.2, 0.25) is 0 Å². The summed E-state index contributed by atoms with van der Waals surface area (Å²) < 4.78 is 51.0. The smallest absolute Gasteiger partial charge is 0.306 e. The second-order valence-corrected chi connectivity index (χ2v) is 3.93. The van der Waals surface area contributed by atoms with E-state index in [-0.39, 0.29) is 13.0 Å². The van der Waals surface area contributed by atoms with E-state index in [2.05, 4.69) is 5.32 Å². The molecule has 96 valence electrons. The first kappa shape index (κ1) is 14.0. The van der Waals surface area contributed by atoms with Crippen LogP contribution in [0.25, 0.3) is 0 Å². The maximum atomic E-state index is 13.0. The molecule has 0 aromatic heterocycles. The number of benzene rings is 1. The van der Waals surface area contributed by atoms with Crippen molar-refractivity contribution in [3.63, 3.8) is 0 Å². The van der Waals surface area contributed by atoms with Gasteiger partial charge in [0.15, 0.2) is 0 Å². The average Bonchev–Trinajstić information content (AvgIpc) is 2.21. The average molecular weight is 249 g/mol. The Morgan fingerprint density at radius 1 is 1.29 bits per heavy atom. The van der Waals surface area contributed by atoms with Gasteiger partial charge in [-0.25, -0.2) is 4.39 Å². The number of hydrogen-bond donors (Lipinski definition) is 1. The summed E-state index contributed by atoms with van der Waals surface area (Å²) in [6, 6.07) is 2.26. The lowest BCUT2D eigenvalue weighted by Gasteiger charge is -2.21. The monoisotopic (exact) mass is 249 g/mol. The van der Waals surface area contributed by atoms with Gasteiger partial charge in [-0.05, 0) is 43.1 Å². The van der Waals surface area contributed by atoms with Gasteiger partial charge in [-0.15, -0.1) is 0 Å². The molecule has 0 aliphatic carbocycles. The van der Waals surface area contributed by atoms with Crippen LogP contribution in [-0.4, -0.2) is 18.8 Å². The highest BCUT2D eigenvalue weighted by Gasteiger charge is 2.39. The third kappa shape index (κ3) is 4.00. The van der Waals surface area contributed by atoms with E-state index in [0.29, 0.717) is 11.1 Å². The topological polar surface area (TPSA) is 12.0 Å². The van der Waals surface area contributed by atoms with Crippen LogP contribution in [0.3, 0.4) is 0 Å². The fraction of sp³-hybridized carbons (Fsp3) is 0.500. The Morgan fingerprint density at radius 2 is 1.94 bits per heavy atom. The summed E-state index contributed by atoms with van der Waals surface area (Å²) >= 11 is 0. The van der Waals surface area contributed by atoms with Crippen molar-refractivity contribution in [1.82, 2.24) is 5.32 Å². The molecule has 0 aliphatic heterocycles. The minimum absolute atomic E-state index is 0.221. The van der Waals surface area contributed by atoms with Crippen molar-refractivity contribution in [2.24, 2.45) is 0 Å². The fourth-order valence-corrected chi connectivity index (χ4v) is 1.63. The number of rotatable bonds is 4. The van der Waals surface area contributed by atoms with Crippen LogP contribution in [0.1, 0.15) is 18.1 Å². The molecule has 0 saturated heterocycles. The first-order valence-electron chi connectivity index (χ1n) is 5.39. The molecule has 17 heavy (non-hydrogen) atoms. The lowest BCUT2D eigenvalue weighted by atomic mass is 10.0. The van der Waals surface area contributed by atoms with Gasteiger partial charge in [-0.1, -0.05) is 13.0 Å². The molecule has 0 spiro atoms. The molecule has 1 aromatic carbocycles. The van der Waals surface area contributed by atoms with E-state index in [9.17, 15) is 17.6 Å². The summed E-state index contributed by atoms with van der Waals surface area (Å²) in [5.74, 6) is -0.511. The van der Waals surface area contributed by atoms with Gasteiger partial charge in [0.2, 0.25) is 0 Å². The summed E-state index contributed by atoms with van der Waals surface area (Å²) in [7, 11) is 0. The fourth-order valence-electron chi connectivity index (χ4n) is 1.63. The lowest BCUT2D eigenvalue weighted by Crippen LogP contribution is -2.43. The summed E-state index contributed by atoms with van der Waals surface area (Å²) in [5, 5.41) is 2.37. The van der Waals surface area contributed by atoms with Gasteiger partial charge in [-0.3, -0.25) is 0 Å². The zero-order valence-corrected chi connectivity index (χ0v) is 9.74. The van der Waals surface area contributed by atoms with Crippen molar-refractivity contribution >= 4 is 0 Å². The molecular weight excluding hydrogens is 234 g/mol. The van der Waals surface area contributed by atoms with Crippen LogP contribution in [0.15, 0.2) is 18.2 Å². The van der Waals surface area contributed by atoms with E-state index in [0.717, 1.165) is 6.07 Å². The Hall–Kier alpha value is -1.10. The maximum Gasteiger partial charge on any atom is 0.404 e. The van der Waals surface area contributed by atoms with Crippen LogP contribution in [0.4, 0.5) is 17.6 Å². The Balaban J connectivity index is 2.89. The number of alkyl halides is 3. The van der Waals surface area contributed by atoms with E-state index in [4.69, 9.17) is 0 Å². The first-order chi connectivity index (χ1) is 7.84. The predicted molar refractivity (Wildman–Crippen MR) is 58.4 cm³/mol. The highest BCUT2D eigenvalue weighted by atomic mass is 19.4. The van der Waals surface area contributed by atoms with E-state index in [1.807, 2.05) is 0 Å². The maximum absolute atomic E-state index is 13.0. The van der Waals surface area contributed by atoms with Crippen LogP contribution in [-0.2, 0) is 6.42 Å². The summed E-state index contributed by atoms with van der Waals surface area (Å²) in [6.45, 7) is 3.50. The predicted octanol–water partition coefficient (Wildman–Crippen LogP) is 3.22. The Morgan fingerprint density at radius 3 is 2.47 bits per heavy atom. The van der Waals surface area contributed by atoms with Gasteiger partial charge in [0.25, 0.3) is 0 Å². The molecule has 0 fully saturated rings. The molecule has 0 radical (unpaired) electrons. The summed E-state index contributed by atoms with van der Waals surface area (Å²) in [5.41, 5.74) is 1.05. The molecule has 0 bridgehead atoms. The molecule has 1 rings (SSSR count). The molecule has 0 amide bonds. The van der Waals surface area contributed by atoms with Gasteiger partial charge in [-0.2, -0.15) is 13.2 Å². The normalized spacial score (nSPS) is 13.8. The third-order valence-electron chi connectivity index (χ3n) is 2.58. The molecular formula is C12H15F4N. The number of halogens is 4. The second-order valence-electron chi connectivity index (χ2n) is 3.93. The van der Waals surface area contributed by atoms with Crippen molar-refractivity contribution in [3.8, 4) is 0 Å². The van der Waals surface area contributed by atoms with Crippen molar-refractivity contribution in [3.05, 3.63) is 35.1 Å². The standard InChI is InChI=1S/C12H15F4N/c1-3-17-11(12(14,15)16)7-9-6-10(13)5-4-8(9)2/h4-6,11,17H,3,7H2,1-2H3. The van der Waals surface area contributed by atoms with Crippen molar-refractivity contribution in [2.45, 2.75) is 32.5 Å². The number of nitrogens with one attached hydrogen (secondary N) is 1. The van der Waals surface area contributed by atoms with Gasteiger partial charge in [0.1, 0.15) is 11.9 Å². The molecule has 1 nitrogen and oxygen atoms in total. The molecule has 0 saturated carbocycles. The van der Waals surface area contributed by atoms with Gasteiger partial charge >= 0.3 is 6.18 Å². The van der Waals surface area contributed by atoms with Crippen LogP contribution >= 0.6 is 0 Å². The van der Waals surface area contributed by atoms with Crippen molar-refractivity contribution in [1.29, 1.82) is 0 Å². The zero-order chi connectivity index (χ0) is 13.1. The van der Waals surface area contributed by atoms with Gasteiger partial charge in [0, 0.05) is 0 Å². The highest BCUT2D eigenvalue weighted by Crippen LogP contribution is 2.24. The lowest BCUT2D eigenvalue weighted by molar-refractivity contribution is -0.155. The molecule has 5 heteroatoms. The van der Waals surface area contributed by atoms with Crippen molar-refractivity contribution < 1.29 is 17.6 Å². The molecule has 1 N–H and O–H groups in total. The van der Waals surface area contributed by atoms with Gasteiger partial charge in [0.05, 0.1) is 0 Å². The summed E-state index contributed by atoms with van der Waals surface area (Å²) in [4.78, 5) is 0. The van der Waals surface area contributed by atoms with E-state index in [1.165, 1.54) is 12.1 Å². The minimum Gasteiger partial charge on any atom is -0.306 e. The first-order valence-corrected chi connectivity index (χ1v) is 5.39. The van der Waals surface area contributed by atoms with Crippen LogP contribution in [0.5, 0.6) is 0 Å². The quantitative estimate of drug-likeness (QED) is 0.808. The highest BCUT2D eigenvalue weighted by molar-refractivity contribution is 5.27. The van der Waals surface area contributed by atoms with E-state index in [1.54, 1.807) is 13.8 Å². The SMILES string of the molecule is CCNC(Cc1cc(F)ccc1C)C(F)(F)F. The zero-order valence-electron chi connectivity index (χ0n) is 9.74.